The normalized spacial score (nSPS) is 25.3. The van der Waals surface area contributed by atoms with Crippen LogP contribution in [0.15, 0.2) is 35.0 Å². The van der Waals surface area contributed by atoms with Gasteiger partial charge in [-0.25, -0.2) is 9.18 Å². The van der Waals surface area contributed by atoms with E-state index >= 15 is 0 Å². The molecule has 3 aliphatic rings. The second-order valence-corrected chi connectivity index (χ2v) is 7.94. The minimum Gasteiger partial charge on any atom is -0.446 e. The highest BCUT2D eigenvalue weighted by molar-refractivity contribution is 7.08. The zero-order valence-corrected chi connectivity index (χ0v) is 15.4. The summed E-state index contributed by atoms with van der Waals surface area (Å²) in [7, 11) is 0. The minimum absolute atomic E-state index is 0.0480. The number of carbonyl (C=O) groups is 1. The van der Waals surface area contributed by atoms with Crippen LogP contribution >= 0.6 is 11.3 Å². The van der Waals surface area contributed by atoms with E-state index in [0.29, 0.717) is 17.2 Å². The third-order valence-electron chi connectivity index (χ3n) is 5.39. The molecule has 26 heavy (non-hydrogen) atoms. The molecule has 2 aromatic rings. The Labute approximate surface area is 157 Å². The van der Waals surface area contributed by atoms with Crippen LogP contribution in [0.1, 0.15) is 25.7 Å². The van der Waals surface area contributed by atoms with E-state index in [4.69, 9.17) is 4.74 Å². The summed E-state index contributed by atoms with van der Waals surface area (Å²) in [6.45, 7) is 3.33. The van der Waals surface area contributed by atoms with E-state index in [9.17, 15) is 9.18 Å². The van der Waals surface area contributed by atoms with Gasteiger partial charge < -0.3 is 9.64 Å². The maximum atomic E-state index is 13.7. The molecule has 1 amide bonds. The highest BCUT2D eigenvalue weighted by Gasteiger charge is 2.28. The lowest BCUT2D eigenvalue weighted by Crippen LogP contribution is -2.41. The molecule has 1 atom stereocenters. The average Bonchev–Trinajstić information content (AvgIpc) is 3.14. The van der Waals surface area contributed by atoms with Gasteiger partial charge in [0.2, 0.25) is 0 Å². The highest BCUT2D eigenvalue weighted by Crippen LogP contribution is 2.31. The molecule has 138 valence electrons. The van der Waals surface area contributed by atoms with Crippen molar-refractivity contribution in [3.63, 3.8) is 0 Å². The Bertz CT molecular complexity index is 757. The van der Waals surface area contributed by atoms with Crippen LogP contribution in [0.3, 0.4) is 0 Å². The topological polar surface area (TPSA) is 41.6 Å². The molecular weight excluding hydrogens is 351 g/mol. The monoisotopic (exact) mass is 374 g/mol. The summed E-state index contributed by atoms with van der Waals surface area (Å²) in [5, 5.41) is 6.68. The number of nitrogens with one attached hydrogen (secondary N) is 1. The molecule has 2 bridgehead atoms. The van der Waals surface area contributed by atoms with Crippen LogP contribution in [0, 0.1) is 11.7 Å². The number of hydrogen-bond acceptors (Lipinski definition) is 4. The number of rotatable bonds is 3. The molecule has 0 radical (unpaired) electrons. The molecule has 5 rings (SSSR count). The lowest BCUT2D eigenvalue weighted by atomic mass is 9.88. The van der Waals surface area contributed by atoms with Crippen molar-refractivity contribution in [1.29, 1.82) is 0 Å². The summed E-state index contributed by atoms with van der Waals surface area (Å²) >= 11 is 1.54. The number of fused-ring (bicyclic) bond motifs is 5. The van der Waals surface area contributed by atoms with E-state index < -0.39 is 6.09 Å². The number of benzene rings is 1. The van der Waals surface area contributed by atoms with Gasteiger partial charge in [0.15, 0.2) is 0 Å². The van der Waals surface area contributed by atoms with Crippen molar-refractivity contribution in [2.45, 2.75) is 31.8 Å². The molecular formula is C20H23FN2O2S. The molecule has 1 aromatic heterocycles. The van der Waals surface area contributed by atoms with Crippen molar-refractivity contribution in [3.8, 4) is 11.1 Å². The average molecular weight is 374 g/mol. The van der Waals surface area contributed by atoms with Crippen molar-refractivity contribution in [1.82, 2.24) is 4.90 Å². The molecule has 1 N–H and O–H groups in total. The van der Waals surface area contributed by atoms with Gasteiger partial charge in [-0.1, -0.05) is 0 Å². The SMILES string of the molecule is O=C(Nc1ccc(F)cc1-c1ccsc1)OC1CCN2CCC(CC2)C1. The largest absolute Gasteiger partial charge is 0.446 e. The predicted octanol–water partition coefficient (Wildman–Crippen LogP) is 4.98. The molecule has 3 fully saturated rings. The Balaban J connectivity index is 1.43. The van der Waals surface area contributed by atoms with Crippen molar-refractivity contribution in [2.75, 3.05) is 25.0 Å². The van der Waals surface area contributed by atoms with Gasteiger partial charge >= 0.3 is 6.09 Å². The van der Waals surface area contributed by atoms with Crippen LogP contribution in [-0.4, -0.2) is 36.7 Å². The maximum absolute atomic E-state index is 13.7. The van der Waals surface area contributed by atoms with E-state index in [0.717, 1.165) is 24.9 Å². The van der Waals surface area contributed by atoms with E-state index in [1.807, 2.05) is 16.8 Å². The molecule has 6 heteroatoms. The zero-order chi connectivity index (χ0) is 17.9. The quantitative estimate of drug-likeness (QED) is 0.824. The van der Waals surface area contributed by atoms with Gasteiger partial charge in [-0.15, -0.1) is 0 Å². The lowest BCUT2D eigenvalue weighted by molar-refractivity contribution is 0.0434. The van der Waals surface area contributed by atoms with E-state index in [-0.39, 0.29) is 11.9 Å². The van der Waals surface area contributed by atoms with Gasteiger partial charge in [0, 0.05) is 12.1 Å². The fraction of sp³-hybridized carbons (Fsp3) is 0.450. The summed E-state index contributed by atoms with van der Waals surface area (Å²) < 4.78 is 19.4. The number of amides is 1. The summed E-state index contributed by atoms with van der Waals surface area (Å²) in [5.41, 5.74) is 2.14. The zero-order valence-electron chi connectivity index (χ0n) is 14.6. The summed E-state index contributed by atoms with van der Waals surface area (Å²) in [6.07, 6.45) is 3.72. The third kappa shape index (κ3) is 4.07. The molecule has 4 heterocycles. The number of halogens is 1. The van der Waals surface area contributed by atoms with Crippen molar-refractivity contribution in [3.05, 3.63) is 40.8 Å². The van der Waals surface area contributed by atoms with Gasteiger partial charge in [-0.3, -0.25) is 5.32 Å². The van der Waals surface area contributed by atoms with Gasteiger partial charge in [0.05, 0.1) is 5.69 Å². The lowest BCUT2D eigenvalue weighted by Gasteiger charge is -2.37. The first-order valence-corrected chi connectivity index (χ1v) is 10.1. The molecule has 4 nitrogen and oxygen atoms in total. The van der Waals surface area contributed by atoms with Crippen LogP contribution in [0.4, 0.5) is 14.9 Å². The van der Waals surface area contributed by atoms with Gasteiger partial charge in [-0.05, 0) is 85.3 Å². The number of ether oxygens (including phenoxy) is 1. The number of carbonyl (C=O) groups excluding carboxylic acids is 1. The van der Waals surface area contributed by atoms with Crippen LogP contribution in [-0.2, 0) is 4.74 Å². The van der Waals surface area contributed by atoms with Crippen LogP contribution < -0.4 is 5.32 Å². The second-order valence-electron chi connectivity index (χ2n) is 7.16. The first-order chi connectivity index (χ1) is 12.7. The maximum Gasteiger partial charge on any atom is 0.411 e. The summed E-state index contributed by atoms with van der Waals surface area (Å²) in [6, 6.07) is 6.30. The highest BCUT2D eigenvalue weighted by atomic mass is 32.1. The Morgan fingerprint density at radius 3 is 2.77 bits per heavy atom. The van der Waals surface area contributed by atoms with Gasteiger partial charge in [0.1, 0.15) is 11.9 Å². The fourth-order valence-corrected chi connectivity index (χ4v) is 4.60. The third-order valence-corrected chi connectivity index (χ3v) is 6.08. The van der Waals surface area contributed by atoms with Gasteiger partial charge in [0.25, 0.3) is 0 Å². The summed E-state index contributed by atoms with van der Waals surface area (Å²) in [4.78, 5) is 14.9. The molecule has 0 spiro atoms. The van der Waals surface area contributed by atoms with E-state index in [2.05, 4.69) is 10.2 Å². The molecule has 0 saturated carbocycles. The van der Waals surface area contributed by atoms with Crippen LogP contribution in [0.2, 0.25) is 0 Å². The smallest absolute Gasteiger partial charge is 0.411 e. The Morgan fingerprint density at radius 1 is 1.19 bits per heavy atom. The fourth-order valence-electron chi connectivity index (χ4n) is 3.94. The Kier molecular flexibility index (Phi) is 5.22. The van der Waals surface area contributed by atoms with Crippen LogP contribution in [0.5, 0.6) is 0 Å². The Morgan fingerprint density at radius 2 is 2.00 bits per heavy atom. The number of hydrogen-bond donors (Lipinski definition) is 1. The molecule has 1 unspecified atom stereocenters. The predicted molar refractivity (Wildman–Crippen MR) is 102 cm³/mol. The van der Waals surface area contributed by atoms with E-state index in [1.165, 1.54) is 49.4 Å². The first-order valence-electron chi connectivity index (χ1n) is 9.19. The van der Waals surface area contributed by atoms with Gasteiger partial charge in [-0.2, -0.15) is 11.3 Å². The molecule has 0 aliphatic carbocycles. The molecule has 3 aliphatic heterocycles. The number of anilines is 1. The Hall–Kier alpha value is -1.92. The van der Waals surface area contributed by atoms with E-state index in [1.54, 1.807) is 6.07 Å². The standard InChI is InChI=1S/C20H23FN2O2S/c21-16-1-2-19(18(12-16)15-6-10-26-13-15)22-20(24)25-17-5-9-23-7-3-14(11-17)4-8-23/h1-2,6,10,12-14,17H,3-5,7-9,11H2,(H,22,24). The minimum atomic E-state index is -0.454. The van der Waals surface area contributed by atoms with Crippen molar-refractivity contribution in [2.24, 2.45) is 5.92 Å². The van der Waals surface area contributed by atoms with Crippen molar-refractivity contribution >= 4 is 23.1 Å². The number of thiophene rings is 1. The second kappa shape index (κ2) is 7.76. The van der Waals surface area contributed by atoms with Crippen LogP contribution in [0.25, 0.3) is 11.1 Å². The first kappa shape index (κ1) is 17.5. The van der Waals surface area contributed by atoms with Crippen molar-refractivity contribution < 1.29 is 13.9 Å². The molecule has 1 aromatic carbocycles. The molecule has 3 saturated heterocycles. The number of piperidine rings is 1. The summed E-state index contributed by atoms with van der Waals surface area (Å²) in [5.74, 6) is 0.326. The number of nitrogens with zero attached hydrogens (tertiary/aromatic N) is 1.